The van der Waals surface area contributed by atoms with Crippen molar-refractivity contribution in [1.82, 2.24) is 14.9 Å². The molecule has 206 valence electrons. The highest BCUT2D eigenvalue weighted by atomic mass is 16.5. The molecule has 8 heteroatoms. The molecule has 4 aromatic rings. The van der Waals surface area contributed by atoms with Gasteiger partial charge in [-0.25, -0.2) is 14.8 Å². The summed E-state index contributed by atoms with van der Waals surface area (Å²) in [6, 6.07) is 20.5. The summed E-state index contributed by atoms with van der Waals surface area (Å²) in [4.78, 5) is 37.1. The summed E-state index contributed by atoms with van der Waals surface area (Å²) in [7, 11) is 5.04. The van der Waals surface area contributed by atoms with E-state index in [0.717, 1.165) is 48.3 Å². The van der Waals surface area contributed by atoms with E-state index in [1.54, 1.807) is 44.4 Å². The zero-order chi connectivity index (χ0) is 28.1. The molecule has 0 spiro atoms. The van der Waals surface area contributed by atoms with Gasteiger partial charge in [-0.1, -0.05) is 19.3 Å². The first-order valence-electron chi connectivity index (χ1n) is 13.5. The monoisotopic (exact) mass is 539 g/mol. The second-order valence-corrected chi connectivity index (χ2v) is 9.95. The van der Waals surface area contributed by atoms with Crippen molar-refractivity contribution in [3.05, 3.63) is 72.3 Å². The van der Waals surface area contributed by atoms with Crippen molar-refractivity contribution in [3.8, 4) is 34.0 Å². The maximum absolute atomic E-state index is 12.9. The van der Waals surface area contributed by atoms with Crippen LogP contribution in [0.15, 0.2) is 66.7 Å². The molecule has 40 heavy (non-hydrogen) atoms. The van der Waals surface area contributed by atoms with Crippen molar-refractivity contribution in [1.29, 1.82) is 0 Å². The highest BCUT2D eigenvalue weighted by Crippen LogP contribution is 2.33. The minimum Gasteiger partial charge on any atom is -0.497 e. The van der Waals surface area contributed by atoms with Crippen LogP contribution < -0.4 is 9.47 Å². The molecule has 1 aromatic heterocycles. The van der Waals surface area contributed by atoms with Crippen molar-refractivity contribution in [2.45, 2.75) is 38.1 Å². The lowest BCUT2D eigenvalue weighted by atomic mass is 9.94. The number of amides is 1. The molecule has 1 amide bonds. The molecule has 0 unspecified atom stereocenters. The fraction of sp³-hybridized carbons (Fsp3) is 0.312. The lowest BCUT2D eigenvalue weighted by Gasteiger charge is -2.31. The smallest absolute Gasteiger partial charge is 0.338 e. The van der Waals surface area contributed by atoms with Crippen LogP contribution in [0.3, 0.4) is 0 Å². The first-order chi connectivity index (χ1) is 19.5. The van der Waals surface area contributed by atoms with E-state index in [9.17, 15) is 9.59 Å². The average Bonchev–Trinajstić information content (AvgIpc) is 3.02. The lowest BCUT2D eigenvalue weighted by molar-refractivity contribution is -0.135. The summed E-state index contributed by atoms with van der Waals surface area (Å²) >= 11 is 0. The topological polar surface area (TPSA) is 90.9 Å². The van der Waals surface area contributed by atoms with E-state index in [0.29, 0.717) is 28.0 Å². The summed E-state index contributed by atoms with van der Waals surface area (Å²) in [6.07, 6.45) is 5.45. The Kier molecular flexibility index (Phi) is 8.24. The van der Waals surface area contributed by atoms with Crippen LogP contribution in [0.5, 0.6) is 11.5 Å². The number of benzene rings is 3. The van der Waals surface area contributed by atoms with Crippen LogP contribution in [0.25, 0.3) is 33.5 Å². The standard InChI is InChI=1S/C32H33N3O5/c1-35(24-7-5-4-6-8-24)29(36)20-40-32(37)23-13-18-27-28(19-23)34-31(22-11-16-26(39-3)17-12-22)30(33-27)21-9-14-25(38-2)15-10-21/h9-19,24H,4-8,20H2,1-3H3. The van der Waals surface area contributed by atoms with Crippen LogP contribution in [0.1, 0.15) is 42.5 Å². The first kappa shape index (κ1) is 27.1. The summed E-state index contributed by atoms with van der Waals surface area (Å²) in [5, 5.41) is 0. The molecular weight excluding hydrogens is 506 g/mol. The van der Waals surface area contributed by atoms with E-state index in [1.807, 2.05) is 48.5 Å². The Morgan fingerprint density at radius 2 is 1.32 bits per heavy atom. The number of hydrogen-bond acceptors (Lipinski definition) is 7. The zero-order valence-corrected chi connectivity index (χ0v) is 23.1. The number of likely N-dealkylation sites (N-methyl/N-ethyl adjacent to an activating group) is 1. The van der Waals surface area contributed by atoms with Crippen LogP contribution in [-0.2, 0) is 9.53 Å². The number of methoxy groups -OCH3 is 2. The molecule has 1 saturated carbocycles. The fourth-order valence-electron chi connectivity index (χ4n) is 5.07. The number of esters is 1. The molecule has 0 radical (unpaired) electrons. The first-order valence-corrected chi connectivity index (χ1v) is 13.5. The van der Waals surface area contributed by atoms with Gasteiger partial charge in [-0.2, -0.15) is 0 Å². The fourth-order valence-corrected chi connectivity index (χ4v) is 5.07. The third kappa shape index (κ3) is 5.91. The van der Waals surface area contributed by atoms with Gasteiger partial charge < -0.3 is 19.1 Å². The molecule has 0 saturated heterocycles. The van der Waals surface area contributed by atoms with E-state index in [1.165, 1.54) is 6.42 Å². The highest BCUT2D eigenvalue weighted by Gasteiger charge is 2.23. The van der Waals surface area contributed by atoms with Gasteiger partial charge in [-0.15, -0.1) is 0 Å². The molecule has 1 aliphatic carbocycles. The molecule has 5 rings (SSSR count). The molecule has 8 nitrogen and oxygen atoms in total. The van der Waals surface area contributed by atoms with Crippen LogP contribution in [0, 0.1) is 0 Å². The molecule has 1 aliphatic rings. The quantitative estimate of drug-likeness (QED) is 0.256. The number of carbonyl (C=O) groups is 2. The predicted molar refractivity (Wildman–Crippen MR) is 153 cm³/mol. The van der Waals surface area contributed by atoms with Gasteiger partial charge in [0.2, 0.25) is 0 Å². The Labute approximate surface area is 233 Å². The Hall–Kier alpha value is -4.46. The van der Waals surface area contributed by atoms with E-state index < -0.39 is 5.97 Å². The third-order valence-corrected chi connectivity index (χ3v) is 7.47. The van der Waals surface area contributed by atoms with E-state index in [4.69, 9.17) is 24.2 Å². The lowest BCUT2D eigenvalue weighted by Crippen LogP contribution is -2.40. The van der Waals surface area contributed by atoms with Crippen molar-refractivity contribution in [2.24, 2.45) is 0 Å². The predicted octanol–water partition coefficient (Wildman–Crippen LogP) is 5.93. The highest BCUT2D eigenvalue weighted by molar-refractivity contribution is 5.96. The Morgan fingerprint density at radius 1 is 0.775 bits per heavy atom. The summed E-state index contributed by atoms with van der Waals surface area (Å²) in [6.45, 7) is -0.289. The van der Waals surface area contributed by atoms with Gasteiger partial charge in [-0.3, -0.25) is 4.79 Å². The molecule has 1 fully saturated rings. The second kappa shape index (κ2) is 12.2. The largest absolute Gasteiger partial charge is 0.497 e. The number of carbonyl (C=O) groups excluding carboxylic acids is 2. The number of aromatic nitrogens is 2. The number of fused-ring (bicyclic) bond motifs is 1. The van der Waals surface area contributed by atoms with Gasteiger partial charge >= 0.3 is 5.97 Å². The van der Waals surface area contributed by atoms with Crippen molar-refractivity contribution in [3.63, 3.8) is 0 Å². The normalized spacial score (nSPS) is 13.6. The SMILES string of the molecule is COc1ccc(-c2nc3ccc(C(=O)OCC(=O)N(C)C4CCCCC4)cc3nc2-c2ccc(OC)cc2)cc1. The molecule has 0 N–H and O–H groups in total. The van der Waals surface area contributed by atoms with E-state index in [2.05, 4.69) is 0 Å². The number of rotatable bonds is 8. The third-order valence-electron chi connectivity index (χ3n) is 7.47. The summed E-state index contributed by atoms with van der Waals surface area (Å²) in [5.41, 5.74) is 4.58. The zero-order valence-electron chi connectivity index (χ0n) is 23.1. The average molecular weight is 540 g/mol. The Morgan fingerprint density at radius 3 is 1.88 bits per heavy atom. The number of hydrogen-bond donors (Lipinski definition) is 0. The number of ether oxygens (including phenoxy) is 3. The van der Waals surface area contributed by atoms with Crippen molar-refractivity contribution in [2.75, 3.05) is 27.9 Å². The minimum absolute atomic E-state index is 0.188. The number of nitrogens with zero attached hydrogens (tertiary/aromatic N) is 3. The van der Waals surface area contributed by atoms with Crippen LogP contribution in [-0.4, -0.2) is 60.7 Å². The van der Waals surface area contributed by atoms with E-state index in [-0.39, 0.29) is 18.6 Å². The van der Waals surface area contributed by atoms with Gasteiger partial charge in [-0.05, 0) is 79.6 Å². The summed E-state index contributed by atoms with van der Waals surface area (Å²) < 4.78 is 16.0. The maximum Gasteiger partial charge on any atom is 0.338 e. The minimum atomic E-state index is -0.570. The molecule has 0 aliphatic heterocycles. The molecule has 0 atom stereocenters. The Balaban J connectivity index is 1.43. The van der Waals surface area contributed by atoms with Crippen molar-refractivity contribution >= 4 is 22.9 Å². The van der Waals surface area contributed by atoms with Crippen LogP contribution in [0.2, 0.25) is 0 Å². The van der Waals surface area contributed by atoms with E-state index >= 15 is 0 Å². The molecular formula is C32H33N3O5. The molecule has 3 aromatic carbocycles. The van der Waals surface area contributed by atoms with Crippen LogP contribution >= 0.6 is 0 Å². The van der Waals surface area contributed by atoms with Gasteiger partial charge in [0.15, 0.2) is 6.61 Å². The second-order valence-electron chi connectivity index (χ2n) is 9.95. The van der Waals surface area contributed by atoms with Gasteiger partial charge in [0.1, 0.15) is 11.5 Å². The van der Waals surface area contributed by atoms with Crippen molar-refractivity contribution < 1.29 is 23.8 Å². The van der Waals surface area contributed by atoms with Crippen LogP contribution in [0.4, 0.5) is 0 Å². The maximum atomic E-state index is 12.9. The van der Waals surface area contributed by atoms with Gasteiger partial charge in [0.25, 0.3) is 5.91 Å². The Bertz CT molecular complexity index is 1500. The molecule has 0 bridgehead atoms. The van der Waals surface area contributed by atoms with Gasteiger partial charge in [0, 0.05) is 24.2 Å². The van der Waals surface area contributed by atoms with Gasteiger partial charge in [0.05, 0.1) is 42.2 Å². The summed E-state index contributed by atoms with van der Waals surface area (Å²) in [5.74, 6) is 0.721. The molecule has 1 heterocycles.